The third kappa shape index (κ3) is 3.35. The van der Waals surface area contributed by atoms with E-state index in [2.05, 4.69) is 42.0 Å². The molecule has 0 amide bonds. The van der Waals surface area contributed by atoms with Crippen LogP contribution < -0.4 is 4.74 Å². The lowest BCUT2D eigenvalue weighted by molar-refractivity contribution is 0.454. The third-order valence-electron chi connectivity index (χ3n) is 3.72. The van der Waals surface area contributed by atoms with Gasteiger partial charge < -0.3 is 4.74 Å². The molecular formula is C17H19ClN2O. The molecule has 1 saturated carbocycles. The molecule has 0 N–H and O–H groups in total. The van der Waals surface area contributed by atoms with Gasteiger partial charge in [-0.2, -0.15) is 4.98 Å². The van der Waals surface area contributed by atoms with E-state index in [1.54, 1.807) is 6.07 Å². The summed E-state index contributed by atoms with van der Waals surface area (Å²) in [5.41, 5.74) is 2.33. The average molecular weight is 303 g/mol. The molecule has 0 bridgehead atoms. The van der Waals surface area contributed by atoms with E-state index in [9.17, 15) is 0 Å². The molecule has 1 heterocycles. The predicted octanol–water partition coefficient (Wildman–Crippen LogP) is 5.23. The minimum Gasteiger partial charge on any atom is -0.439 e. The highest BCUT2D eigenvalue weighted by atomic mass is 35.5. The zero-order valence-corrected chi connectivity index (χ0v) is 13.3. The molecule has 1 aliphatic rings. The van der Waals surface area contributed by atoms with Crippen molar-refractivity contribution < 1.29 is 4.74 Å². The number of hydrogen-bond acceptors (Lipinski definition) is 3. The Bertz CT molecular complexity index is 666. The fourth-order valence-electron chi connectivity index (χ4n) is 2.19. The fourth-order valence-corrected chi connectivity index (χ4v) is 2.37. The smallest absolute Gasteiger partial charge is 0.224 e. The van der Waals surface area contributed by atoms with Crippen molar-refractivity contribution in [2.24, 2.45) is 0 Å². The Labute approximate surface area is 130 Å². The lowest BCUT2D eigenvalue weighted by atomic mass is 10.0. The lowest BCUT2D eigenvalue weighted by Gasteiger charge is -2.12. The minimum absolute atomic E-state index is 0.444. The fraction of sp³-hybridized carbons (Fsp3) is 0.412. The van der Waals surface area contributed by atoms with Crippen molar-refractivity contribution in [2.75, 3.05) is 0 Å². The Morgan fingerprint density at radius 3 is 2.62 bits per heavy atom. The first kappa shape index (κ1) is 14.3. The van der Waals surface area contributed by atoms with Crippen LogP contribution in [0.25, 0.3) is 0 Å². The number of aryl methyl sites for hydroxylation is 1. The Morgan fingerprint density at radius 2 is 1.95 bits per heavy atom. The molecule has 0 unspecified atom stereocenters. The van der Waals surface area contributed by atoms with Crippen LogP contribution in [0.5, 0.6) is 11.6 Å². The Morgan fingerprint density at radius 1 is 1.19 bits per heavy atom. The predicted molar refractivity (Wildman–Crippen MR) is 84.4 cm³/mol. The normalized spacial score (nSPS) is 14.5. The Kier molecular flexibility index (Phi) is 3.85. The van der Waals surface area contributed by atoms with Crippen molar-refractivity contribution in [3.63, 3.8) is 0 Å². The van der Waals surface area contributed by atoms with Crippen molar-refractivity contribution in [3.05, 3.63) is 46.4 Å². The van der Waals surface area contributed by atoms with Gasteiger partial charge in [0.1, 0.15) is 16.7 Å². The second-order valence-corrected chi connectivity index (χ2v) is 6.33. The van der Waals surface area contributed by atoms with Crippen LogP contribution in [0.4, 0.5) is 0 Å². The molecule has 0 aliphatic heterocycles. The van der Waals surface area contributed by atoms with Crippen LogP contribution in [0.15, 0.2) is 24.3 Å². The van der Waals surface area contributed by atoms with Crippen LogP contribution in [0.3, 0.4) is 0 Å². The zero-order chi connectivity index (χ0) is 15.0. The number of hydrogen-bond donors (Lipinski definition) is 0. The van der Waals surface area contributed by atoms with E-state index >= 15 is 0 Å². The first-order valence-electron chi connectivity index (χ1n) is 7.36. The molecule has 0 radical (unpaired) electrons. The van der Waals surface area contributed by atoms with Crippen LogP contribution in [-0.2, 0) is 0 Å². The molecule has 1 fully saturated rings. The van der Waals surface area contributed by atoms with Crippen molar-refractivity contribution in [2.45, 2.75) is 45.4 Å². The van der Waals surface area contributed by atoms with E-state index in [0.717, 1.165) is 30.0 Å². The van der Waals surface area contributed by atoms with Crippen molar-refractivity contribution in [1.82, 2.24) is 9.97 Å². The van der Waals surface area contributed by atoms with E-state index in [-0.39, 0.29) is 0 Å². The summed E-state index contributed by atoms with van der Waals surface area (Å²) >= 11 is 6.08. The summed E-state index contributed by atoms with van der Waals surface area (Å²) in [7, 11) is 0. The lowest BCUT2D eigenvalue weighted by Crippen LogP contribution is -1.98. The van der Waals surface area contributed by atoms with Gasteiger partial charge in [-0.15, -0.1) is 0 Å². The molecule has 110 valence electrons. The molecule has 3 nitrogen and oxygen atoms in total. The molecule has 0 saturated heterocycles. The molecule has 0 spiro atoms. The standard InChI is InChI=1S/C17H19ClN2O/c1-10(2)13-5-4-11(3)14(8-13)21-16-9-15(18)19-17(20-16)12-6-7-12/h4-5,8-10,12H,6-7H2,1-3H3. The molecule has 2 aromatic rings. The van der Waals surface area contributed by atoms with Gasteiger partial charge in [-0.25, -0.2) is 4.98 Å². The molecule has 0 atom stereocenters. The van der Waals surface area contributed by atoms with Gasteiger partial charge in [0.25, 0.3) is 0 Å². The summed E-state index contributed by atoms with van der Waals surface area (Å²) in [6, 6.07) is 7.96. The second kappa shape index (κ2) is 5.64. The van der Waals surface area contributed by atoms with E-state index < -0.39 is 0 Å². The minimum atomic E-state index is 0.444. The molecular weight excluding hydrogens is 284 g/mol. The van der Waals surface area contributed by atoms with Gasteiger partial charge in [0.2, 0.25) is 5.88 Å². The Balaban J connectivity index is 1.90. The van der Waals surface area contributed by atoms with E-state index in [0.29, 0.717) is 22.9 Å². The summed E-state index contributed by atoms with van der Waals surface area (Å²) in [4.78, 5) is 8.77. The summed E-state index contributed by atoms with van der Waals surface area (Å²) in [5, 5.41) is 0.444. The topological polar surface area (TPSA) is 35.0 Å². The van der Waals surface area contributed by atoms with Crippen molar-refractivity contribution >= 4 is 11.6 Å². The van der Waals surface area contributed by atoms with E-state index in [4.69, 9.17) is 16.3 Å². The van der Waals surface area contributed by atoms with Crippen molar-refractivity contribution in [3.8, 4) is 11.6 Å². The van der Waals surface area contributed by atoms with E-state index in [1.807, 2.05) is 6.92 Å². The maximum absolute atomic E-state index is 6.08. The molecule has 1 aromatic heterocycles. The quantitative estimate of drug-likeness (QED) is 0.725. The SMILES string of the molecule is Cc1ccc(C(C)C)cc1Oc1cc(Cl)nc(C2CC2)n1. The third-order valence-corrected chi connectivity index (χ3v) is 3.92. The summed E-state index contributed by atoms with van der Waals surface area (Å²) < 4.78 is 5.96. The van der Waals surface area contributed by atoms with Gasteiger partial charge in [0.15, 0.2) is 0 Å². The summed E-state index contributed by atoms with van der Waals surface area (Å²) in [5.74, 6) is 3.08. The van der Waals surface area contributed by atoms with Crippen LogP contribution in [0.1, 0.15) is 55.5 Å². The number of halogens is 1. The van der Waals surface area contributed by atoms with Crippen LogP contribution >= 0.6 is 11.6 Å². The zero-order valence-electron chi connectivity index (χ0n) is 12.6. The number of nitrogens with zero attached hydrogens (tertiary/aromatic N) is 2. The van der Waals surface area contributed by atoms with Gasteiger partial charge in [-0.3, -0.25) is 0 Å². The average Bonchev–Trinajstić information content (AvgIpc) is 3.24. The first-order chi connectivity index (χ1) is 10.0. The van der Waals surface area contributed by atoms with Gasteiger partial charge in [-0.05, 0) is 42.9 Å². The van der Waals surface area contributed by atoms with Crippen molar-refractivity contribution in [1.29, 1.82) is 0 Å². The van der Waals surface area contributed by atoms with Crippen LogP contribution in [-0.4, -0.2) is 9.97 Å². The highest BCUT2D eigenvalue weighted by molar-refractivity contribution is 6.29. The number of benzene rings is 1. The molecule has 4 heteroatoms. The Hall–Kier alpha value is -1.61. The van der Waals surface area contributed by atoms with Crippen LogP contribution in [0.2, 0.25) is 5.15 Å². The molecule has 3 rings (SSSR count). The summed E-state index contributed by atoms with van der Waals surface area (Å²) in [6.45, 7) is 6.37. The second-order valence-electron chi connectivity index (χ2n) is 5.94. The maximum atomic E-state index is 6.08. The van der Waals surface area contributed by atoms with Crippen LogP contribution in [0, 0.1) is 6.92 Å². The van der Waals surface area contributed by atoms with Gasteiger partial charge in [0.05, 0.1) is 0 Å². The first-order valence-corrected chi connectivity index (χ1v) is 7.73. The van der Waals surface area contributed by atoms with Gasteiger partial charge in [0, 0.05) is 12.0 Å². The maximum Gasteiger partial charge on any atom is 0.224 e. The molecule has 1 aromatic carbocycles. The number of rotatable bonds is 4. The van der Waals surface area contributed by atoms with Gasteiger partial charge >= 0.3 is 0 Å². The molecule has 21 heavy (non-hydrogen) atoms. The summed E-state index contributed by atoms with van der Waals surface area (Å²) in [6.07, 6.45) is 2.28. The van der Waals surface area contributed by atoms with Gasteiger partial charge in [-0.1, -0.05) is 37.6 Å². The van der Waals surface area contributed by atoms with E-state index in [1.165, 1.54) is 5.56 Å². The monoisotopic (exact) mass is 302 g/mol. The number of aromatic nitrogens is 2. The molecule has 1 aliphatic carbocycles. The highest BCUT2D eigenvalue weighted by Crippen LogP contribution is 2.39. The number of ether oxygens (including phenoxy) is 1. The highest BCUT2D eigenvalue weighted by Gasteiger charge is 2.27. The largest absolute Gasteiger partial charge is 0.439 e.